The minimum absolute atomic E-state index is 0.247. The number of carbonyl (C=O) groups excluding carboxylic acids is 1. The third-order valence-electron chi connectivity index (χ3n) is 3.85. The Bertz CT molecular complexity index is 433. The van der Waals surface area contributed by atoms with Crippen molar-refractivity contribution in [2.45, 2.75) is 38.6 Å². The van der Waals surface area contributed by atoms with Gasteiger partial charge >= 0.3 is 5.97 Å². The number of carbonyl (C=O) groups is 1. The number of hydrogen-bond donors (Lipinski definition) is 0. The number of rotatable bonds is 3. The highest BCUT2D eigenvalue weighted by Gasteiger charge is 2.23. The molecule has 1 saturated carbocycles. The molecule has 1 heterocycles. The fraction of sp³-hybridized carbons (Fsp3) is 0.643. The topological polar surface area (TPSA) is 55.3 Å². The second-order valence-electron chi connectivity index (χ2n) is 5.29. The van der Waals surface area contributed by atoms with Gasteiger partial charge in [0.25, 0.3) is 0 Å². The van der Waals surface area contributed by atoms with E-state index in [0.717, 1.165) is 11.7 Å². The first-order valence-corrected chi connectivity index (χ1v) is 6.75. The smallest absolute Gasteiger partial charge is 0.358 e. The van der Waals surface area contributed by atoms with E-state index in [9.17, 15) is 4.79 Å². The maximum absolute atomic E-state index is 11.3. The van der Waals surface area contributed by atoms with Gasteiger partial charge in [-0.05, 0) is 18.8 Å². The van der Waals surface area contributed by atoms with Crippen molar-refractivity contribution in [3.63, 3.8) is 0 Å². The van der Waals surface area contributed by atoms with Crippen LogP contribution in [0.1, 0.15) is 43.1 Å². The highest BCUT2D eigenvalue weighted by Crippen LogP contribution is 2.28. The lowest BCUT2D eigenvalue weighted by molar-refractivity contribution is 0.0593. The minimum atomic E-state index is -0.451. The number of ether oxygens (including phenoxy) is 1. The van der Waals surface area contributed by atoms with Crippen LogP contribution < -0.4 is 4.90 Å². The van der Waals surface area contributed by atoms with Gasteiger partial charge in [-0.15, -0.1) is 0 Å². The summed E-state index contributed by atoms with van der Waals surface area (Å²) in [5, 5.41) is 0. The van der Waals surface area contributed by atoms with E-state index >= 15 is 0 Å². The second-order valence-corrected chi connectivity index (χ2v) is 5.29. The molecule has 0 amide bonds. The lowest BCUT2D eigenvalue weighted by atomic mass is 9.86. The second kappa shape index (κ2) is 5.99. The van der Waals surface area contributed by atoms with Gasteiger partial charge in [-0.2, -0.15) is 0 Å². The van der Waals surface area contributed by atoms with Crippen molar-refractivity contribution in [2.24, 2.45) is 5.92 Å². The molecule has 0 radical (unpaired) electrons. The molecule has 1 aliphatic rings. The van der Waals surface area contributed by atoms with Crippen molar-refractivity contribution in [1.82, 2.24) is 9.97 Å². The molecule has 0 aromatic carbocycles. The largest absolute Gasteiger partial charge is 0.464 e. The van der Waals surface area contributed by atoms with E-state index in [2.05, 4.69) is 26.5 Å². The summed E-state index contributed by atoms with van der Waals surface area (Å²) in [6, 6.07) is 0.516. The molecular formula is C14H21N3O2. The van der Waals surface area contributed by atoms with Crippen LogP contribution in [0.15, 0.2) is 12.4 Å². The Morgan fingerprint density at radius 3 is 2.74 bits per heavy atom. The summed E-state index contributed by atoms with van der Waals surface area (Å²) in [5.74, 6) is 1.13. The summed E-state index contributed by atoms with van der Waals surface area (Å²) < 4.78 is 4.61. The predicted molar refractivity (Wildman–Crippen MR) is 73.2 cm³/mol. The fourth-order valence-corrected chi connectivity index (χ4v) is 2.65. The number of aromatic nitrogens is 2. The molecule has 0 bridgehead atoms. The van der Waals surface area contributed by atoms with Crippen molar-refractivity contribution in [3.05, 3.63) is 18.1 Å². The molecule has 0 aliphatic heterocycles. The third-order valence-corrected chi connectivity index (χ3v) is 3.85. The van der Waals surface area contributed by atoms with Gasteiger partial charge in [0.15, 0.2) is 5.69 Å². The molecule has 1 aromatic heterocycles. The summed E-state index contributed by atoms with van der Waals surface area (Å²) in [6.45, 7) is 2.30. The van der Waals surface area contributed by atoms with Gasteiger partial charge in [0.1, 0.15) is 5.82 Å². The molecule has 2 rings (SSSR count). The fourth-order valence-electron chi connectivity index (χ4n) is 2.65. The maximum Gasteiger partial charge on any atom is 0.358 e. The molecule has 19 heavy (non-hydrogen) atoms. The van der Waals surface area contributed by atoms with Gasteiger partial charge in [0, 0.05) is 13.1 Å². The first-order chi connectivity index (χ1) is 9.11. The maximum atomic E-state index is 11.3. The Hall–Kier alpha value is -1.65. The third kappa shape index (κ3) is 3.22. The van der Waals surface area contributed by atoms with Gasteiger partial charge in [-0.1, -0.05) is 19.8 Å². The average molecular weight is 263 g/mol. The summed E-state index contributed by atoms with van der Waals surface area (Å²) in [5.41, 5.74) is 0.247. The highest BCUT2D eigenvalue weighted by molar-refractivity contribution is 5.86. The number of methoxy groups -OCH3 is 1. The number of anilines is 1. The Kier molecular flexibility index (Phi) is 4.35. The molecule has 1 aliphatic carbocycles. The normalized spacial score (nSPS) is 22.9. The van der Waals surface area contributed by atoms with Crippen LogP contribution in [0.2, 0.25) is 0 Å². The molecule has 0 spiro atoms. The zero-order chi connectivity index (χ0) is 13.8. The van der Waals surface area contributed by atoms with Gasteiger partial charge in [-0.25, -0.2) is 14.8 Å². The quantitative estimate of drug-likeness (QED) is 0.783. The van der Waals surface area contributed by atoms with Crippen molar-refractivity contribution >= 4 is 11.8 Å². The van der Waals surface area contributed by atoms with E-state index in [1.807, 2.05) is 7.05 Å². The summed E-state index contributed by atoms with van der Waals surface area (Å²) in [6.07, 6.45) is 8.09. The van der Waals surface area contributed by atoms with E-state index in [-0.39, 0.29) is 5.69 Å². The summed E-state index contributed by atoms with van der Waals surface area (Å²) in [7, 11) is 3.39. The number of nitrogens with zero attached hydrogens (tertiary/aromatic N) is 3. The van der Waals surface area contributed by atoms with Crippen LogP contribution in [-0.2, 0) is 4.74 Å². The number of hydrogen-bond acceptors (Lipinski definition) is 5. The molecule has 2 atom stereocenters. The van der Waals surface area contributed by atoms with Crippen LogP contribution >= 0.6 is 0 Å². The Labute approximate surface area is 114 Å². The van der Waals surface area contributed by atoms with Crippen LogP contribution in [0.5, 0.6) is 0 Å². The SMILES string of the molecule is COC(=O)c1cnc(N(C)C2CCCC(C)C2)cn1. The molecule has 1 aromatic rings. The summed E-state index contributed by atoms with van der Waals surface area (Å²) in [4.78, 5) is 21.9. The molecule has 5 nitrogen and oxygen atoms in total. The van der Waals surface area contributed by atoms with Crippen LogP contribution in [-0.4, -0.2) is 36.1 Å². The van der Waals surface area contributed by atoms with E-state index < -0.39 is 5.97 Å². The van der Waals surface area contributed by atoms with Gasteiger partial charge in [0.2, 0.25) is 0 Å². The minimum Gasteiger partial charge on any atom is -0.464 e. The Morgan fingerprint density at radius 1 is 1.37 bits per heavy atom. The van der Waals surface area contributed by atoms with Crippen LogP contribution in [0.25, 0.3) is 0 Å². The predicted octanol–water partition coefficient (Wildman–Crippen LogP) is 2.28. The van der Waals surface area contributed by atoms with Crippen LogP contribution in [0, 0.1) is 5.92 Å². The van der Waals surface area contributed by atoms with Crippen molar-refractivity contribution in [3.8, 4) is 0 Å². The van der Waals surface area contributed by atoms with Crippen molar-refractivity contribution < 1.29 is 9.53 Å². The molecule has 2 unspecified atom stereocenters. The van der Waals surface area contributed by atoms with E-state index in [1.54, 1.807) is 6.20 Å². The molecular weight excluding hydrogens is 242 g/mol. The van der Waals surface area contributed by atoms with Gasteiger partial charge < -0.3 is 9.64 Å². The molecule has 0 saturated heterocycles. The Balaban J connectivity index is 2.06. The highest BCUT2D eigenvalue weighted by atomic mass is 16.5. The van der Waals surface area contributed by atoms with E-state index in [4.69, 9.17) is 0 Å². The van der Waals surface area contributed by atoms with Crippen LogP contribution in [0.4, 0.5) is 5.82 Å². The van der Waals surface area contributed by atoms with Gasteiger partial charge in [-0.3, -0.25) is 0 Å². The Morgan fingerprint density at radius 2 is 2.16 bits per heavy atom. The molecule has 5 heteroatoms. The van der Waals surface area contributed by atoms with E-state index in [0.29, 0.717) is 6.04 Å². The first-order valence-electron chi connectivity index (χ1n) is 6.75. The zero-order valence-electron chi connectivity index (χ0n) is 11.8. The summed E-state index contributed by atoms with van der Waals surface area (Å²) >= 11 is 0. The first kappa shape index (κ1) is 13.8. The lowest BCUT2D eigenvalue weighted by Gasteiger charge is -2.34. The molecule has 104 valence electrons. The molecule has 0 N–H and O–H groups in total. The number of esters is 1. The average Bonchev–Trinajstić information content (AvgIpc) is 2.46. The van der Waals surface area contributed by atoms with Crippen molar-refractivity contribution in [2.75, 3.05) is 19.1 Å². The lowest BCUT2D eigenvalue weighted by Crippen LogP contribution is -2.36. The monoisotopic (exact) mass is 263 g/mol. The standard InChI is InChI=1S/C14H21N3O2/c1-10-5-4-6-11(7-10)17(2)13-9-15-12(8-16-13)14(18)19-3/h8-11H,4-7H2,1-3H3. The van der Waals surface area contributed by atoms with Crippen LogP contribution in [0.3, 0.4) is 0 Å². The van der Waals surface area contributed by atoms with Crippen molar-refractivity contribution in [1.29, 1.82) is 0 Å². The zero-order valence-corrected chi connectivity index (χ0v) is 11.8. The van der Waals surface area contributed by atoms with Gasteiger partial charge in [0.05, 0.1) is 19.5 Å². The molecule has 1 fully saturated rings. The van der Waals surface area contributed by atoms with E-state index in [1.165, 1.54) is 39.0 Å².